The lowest BCUT2D eigenvalue weighted by atomic mass is 10.1. The highest BCUT2D eigenvalue weighted by Gasteiger charge is 2.28. The summed E-state index contributed by atoms with van der Waals surface area (Å²) in [5, 5.41) is 0. The minimum absolute atomic E-state index is 0.0432. The molecule has 0 spiro atoms. The van der Waals surface area contributed by atoms with E-state index in [0.29, 0.717) is 17.8 Å². The first-order valence-corrected chi connectivity index (χ1v) is 10.1. The van der Waals surface area contributed by atoms with E-state index in [1.807, 2.05) is 6.92 Å². The summed E-state index contributed by atoms with van der Waals surface area (Å²) in [5.41, 5.74) is 7.03. The molecule has 9 heteroatoms. The molecule has 0 aromatic heterocycles. The van der Waals surface area contributed by atoms with Gasteiger partial charge >= 0.3 is 0 Å². The third kappa shape index (κ3) is 4.49. The van der Waals surface area contributed by atoms with Gasteiger partial charge in [-0.1, -0.05) is 17.7 Å². The average molecular weight is 403 g/mol. The maximum Gasteiger partial charge on any atom is 0.261 e. The van der Waals surface area contributed by atoms with E-state index >= 15 is 0 Å². The Bertz CT molecular complexity index is 972. The highest BCUT2D eigenvalue weighted by molar-refractivity contribution is 7.92. The molecule has 1 atom stereocenters. The minimum atomic E-state index is -3.77. The van der Waals surface area contributed by atoms with Crippen LogP contribution >= 0.6 is 0 Å². The SMILES string of the molecule is Cc1ccc(NS(=O)(=O)c2ccc(C(=O)N3CCOC(C(N)=O)C3)cc2)cc1. The summed E-state index contributed by atoms with van der Waals surface area (Å²) >= 11 is 0. The number of carbonyl (C=O) groups is 2. The van der Waals surface area contributed by atoms with Gasteiger partial charge in [-0.2, -0.15) is 0 Å². The molecule has 3 N–H and O–H groups in total. The smallest absolute Gasteiger partial charge is 0.261 e. The summed E-state index contributed by atoms with van der Waals surface area (Å²) in [5.74, 6) is -0.939. The fraction of sp³-hybridized carbons (Fsp3) is 0.263. The molecule has 0 saturated carbocycles. The van der Waals surface area contributed by atoms with Crippen molar-refractivity contribution in [2.45, 2.75) is 17.9 Å². The van der Waals surface area contributed by atoms with Gasteiger partial charge in [-0.15, -0.1) is 0 Å². The molecular formula is C19H21N3O5S. The van der Waals surface area contributed by atoms with Crippen LogP contribution in [0.5, 0.6) is 0 Å². The van der Waals surface area contributed by atoms with Crippen molar-refractivity contribution in [1.82, 2.24) is 4.90 Å². The summed E-state index contributed by atoms with van der Waals surface area (Å²) in [6.07, 6.45) is -0.837. The second kappa shape index (κ2) is 7.99. The van der Waals surface area contributed by atoms with Crippen molar-refractivity contribution < 1.29 is 22.7 Å². The number of carbonyl (C=O) groups excluding carboxylic acids is 2. The molecule has 1 fully saturated rings. The molecule has 2 aromatic rings. The number of sulfonamides is 1. The maximum absolute atomic E-state index is 12.6. The zero-order valence-electron chi connectivity index (χ0n) is 15.3. The third-order valence-corrected chi connectivity index (χ3v) is 5.78. The number of nitrogens with zero attached hydrogens (tertiary/aromatic N) is 1. The van der Waals surface area contributed by atoms with Crippen LogP contribution in [0.15, 0.2) is 53.4 Å². The Labute approximate surface area is 163 Å². The van der Waals surface area contributed by atoms with Crippen molar-refractivity contribution in [2.75, 3.05) is 24.4 Å². The summed E-state index contributed by atoms with van der Waals surface area (Å²) in [7, 11) is -3.77. The lowest BCUT2D eigenvalue weighted by Crippen LogP contribution is -2.50. The number of primary amides is 1. The first-order valence-electron chi connectivity index (χ1n) is 8.66. The summed E-state index contributed by atoms with van der Waals surface area (Å²) in [4.78, 5) is 25.4. The second-order valence-corrected chi connectivity index (χ2v) is 8.19. The van der Waals surface area contributed by atoms with Gasteiger partial charge in [-0.05, 0) is 43.3 Å². The van der Waals surface area contributed by atoms with Crippen molar-refractivity contribution in [3.63, 3.8) is 0 Å². The number of nitrogens with one attached hydrogen (secondary N) is 1. The van der Waals surface area contributed by atoms with Gasteiger partial charge in [-0.3, -0.25) is 14.3 Å². The second-order valence-electron chi connectivity index (χ2n) is 6.51. The Kier molecular flexibility index (Phi) is 5.66. The molecule has 0 bridgehead atoms. The van der Waals surface area contributed by atoms with E-state index in [4.69, 9.17) is 10.5 Å². The van der Waals surface area contributed by atoms with Crippen LogP contribution in [0.1, 0.15) is 15.9 Å². The molecule has 1 heterocycles. The Morgan fingerprint density at radius 2 is 1.75 bits per heavy atom. The summed E-state index contributed by atoms with van der Waals surface area (Å²) < 4.78 is 32.8. The number of amides is 2. The maximum atomic E-state index is 12.6. The van der Waals surface area contributed by atoms with Crippen LogP contribution in [0.2, 0.25) is 0 Å². The van der Waals surface area contributed by atoms with Crippen LogP contribution < -0.4 is 10.5 Å². The molecule has 1 aliphatic rings. The van der Waals surface area contributed by atoms with Gasteiger partial charge in [0.25, 0.3) is 15.9 Å². The third-order valence-electron chi connectivity index (χ3n) is 4.39. The Hall–Kier alpha value is -2.91. The fourth-order valence-electron chi connectivity index (χ4n) is 2.80. The quantitative estimate of drug-likeness (QED) is 0.775. The Balaban J connectivity index is 1.72. The molecule has 28 heavy (non-hydrogen) atoms. The molecule has 2 amide bonds. The van der Waals surface area contributed by atoms with Crippen molar-refractivity contribution in [1.29, 1.82) is 0 Å². The molecule has 1 saturated heterocycles. The zero-order valence-corrected chi connectivity index (χ0v) is 16.1. The standard InChI is InChI=1S/C19H21N3O5S/c1-13-2-6-15(7-3-13)21-28(25,26)16-8-4-14(5-9-16)19(24)22-10-11-27-17(12-22)18(20)23/h2-9,17,21H,10-12H2,1H3,(H2,20,23). The van der Waals surface area contributed by atoms with Crippen LogP contribution in [0.3, 0.4) is 0 Å². The molecule has 148 valence electrons. The van der Waals surface area contributed by atoms with Gasteiger partial charge in [-0.25, -0.2) is 8.42 Å². The van der Waals surface area contributed by atoms with Gasteiger partial charge in [0.05, 0.1) is 18.0 Å². The highest BCUT2D eigenvalue weighted by atomic mass is 32.2. The van der Waals surface area contributed by atoms with Crippen molar-refractivity contribution in [3.8, 4) is 0 Å². The van der Waals surface area contributed by atoms with E-state index in [0.717, 1.165) is 5.56 Å². The van der Waals surface area contributed by atoms with Crippen LogP contribution in [0, 0.1) is 6.92 Å². The number of benzene rings is 2. The summed E-state index contributed by atoms with van der Waals surface area (Å²) in [6.45, 7) is 2.53. The van der Waals surface area contributed by atoms with Gasteiger partial charge in [0.1, 0.15) is 0 Å². The van der Waals surface area contributed by atoms with Crippen molar-refractivity contribution in [2.24, 2.45) is 5.73 Å². The van der Waals surface area contributed by atoms with E-state index in [1.54, 1.807) is 24.3 Å². The van der Waals surface area contributed by atoms with Crippen LogP contribution in [0.25, 0.3) is 0 Å². The predicted octanol–water partition coefficient (Wildman–Crippen LogP) is 1.12. The van der Waals surface area contributed by atoms with Gasteiger partial charge < -0.3 is 15.4 Å². The average Bonchev–Trinajstić information content (AvgIpc) is 2.69. The number of rotatable bonds is 5. The fourth-order valence-corrected chi connectivity index (χ4v) is 3.86. The Morgan fingerprint density at radius 3 is 2.36 bits per heavy atom. The first-order chi connectivity index (χ1) is 13.3. The number of aryl methyl sites for hydroxylation is 1. The van der Waals surface area contributed by atoms with E-state index in [-0.39, 0.29) is 24.0 Å². The van der Waals surface area contributed by atoms with Gasteiger partial charge in [0.2, 0.25) is 5.91 Å². The number of nitrogens with two attached hydrogens (primary N) is 1. The van der Waals surface area contributed by atoms with Gasteiger partial charge in [0, 0.05) is 17.8 Å². The highest BCUT2D eigenvalue weighted by Crippen LogP contribution is 2.18. The monoisotopic (exact) mass is 403 g/mol. The molecular weight excluding hydrogens is 382 g/mol. The number of morpholine rings is 1. The van der Waals surface area contributed by atoms with E-state index in [2.05, 4.69) is 4.72 Å². The number of hydrogen-bond donors (Lipinski definition) is 2. The molecule has 1 aliphatic heterocycles. The molecule has 1 unspecified atom stereocenters. The summed E-state index contributed by atoms with van der Waals surface area (Å²) in [6, 6.07) is 12.6. The molecule has 0 radical (unpaired) electrons. The van der Waals surface area contributed by atoms with Crippen molar-refractivity contribution >= 4 is 27.5 Å². The number of ether oxygens (including phenoxy) is 1. The predicted molar refractivity (Wildman–Crippen MR) is 103 cm³/mol. The van der Waals surface area contributed by atoms with Crippen LogP contribution in [-0.2, 0) is 19.6 Å². The zero-order chi connectivity index (χ0) is 20.3. The minimum Gasteiger partial charge on any atom is -0.367 e. The molecule has 2 aromatic carbocycles. The largest absolute Gasteiger partial charge is 0.367 e. The van der Waals surface area contributed by atoms with E-state index < -0.39 is 22.0 Å². The normalized spacial score (nSPS) is 17.2. The van der Waals surface area contributed by atoms with Crippen molar-refractivity contribution in [3.05, 3.63) is 59.7 Å². The lowest BCUT2D eigenvalue weighted by Gasteiger charge is -2.31. The molecule has 3 rings (SSSR count). The first kappa shape index (κ1) is 19.8. The van der Waals surface area contributed by atoms with Gasteiger partial charge in [0.15, 0.2) is 6.10 Å². The van der Waals surface area contributed by atoms with Crippen LogP contribution in [-0.4, -0.2) is 50.9 Å². The van der Waals surface area contributed by atoms with E-state index in [1.165, 1.54) is 29.2 Å². The Morgan fingerprint density at radius 1 is 1.11 bits per heavy atom. The molecule has 0 aliphatic carbocycles. The van der Waals surface area contributed by atoms with Crippen LogP contribution in [0.4, 0.5) is 5.69 Å². The van der Waals surface area contributed by atoms with E-state index in [9.17, 15) is 18.0 Å². The lowest BCUT2D eigenvalue weighted by molar-refractivity contribution is -0.133. The number of anilines is 1. The number of hydrogen-bond acceptors (Lipinski definition) is 5. The topological polar surface area (TPSA) is 119 Å². The molecule has 8 nitrogen and oxygen atoms in total.